The molecular formula is C21H33N3O. The predicted molar refractivity (Wildman–Crippen MR) is 105 cm³/mol. The number of piperidine rings is 1. The summed E-state index contributed by atoms with van der Waals surface area (Å²) < 4.78 is 0. The van der Waals surface area contributed by atoms with Gasteiger partial charge in [0, 0.05) is 30.5 Å². The van der Waals surface area contributed by atoms with E-state index in [1.807, 2.05) is 6.92 Å². The van der Waals surface area contributed by atoms with Gasteiger partial charge in [-0.25, -0.2) is 0 Å². The zero-order chi connectivity index (χ0) is 17.5. The molecule has 1 aromatic carbocycles. The largest absolute Gasteiger partial charge is 0.374 e. The number of nitrogens with one attached hydrogen (secondary N) is 2. The van der Waals surface area contributed by atoms with Crippen molar-refractivity contribution >= 4 is 17.3 Å². The van der Waals surface area contributed by atoms with E-state index in [0.29, 0.717) is 6.04 Å². The first-order valence-corrected chi connectivity index (χ1v) is 10.1. The molecule has 1 aromatic rings. The maximum absolute atomic E-state index is 12.5. The van der Waals surface area contributed by atoms with Crippen molar-refractivity contribution in [3.63, 3.8) is 0 Å². The van der Waals surface area contributed by atoms with Crippen LogP contribution in [-0.2, 0) is 4.79 Å². The van der Waals surface area contributed by atoms with Gasteiger partial charge in [-0.15, -0.1) is 0 Å². The van der Waals surface area contributed by atoms with Gasteiger partial charge < -0.3 is 15.5 Å². The van der Waals surface area contributed by atoms with Gasteiger partial charge in [-0.1, -0.05) is 25.7 Å². The first-order chi connectivity index (χ1) is 12.2. The highest BCUT2D eigenvalue weighted by atomic mass is 16.2. The zero-order valence-corrected chi connectivity index (χ0v) is 15.6. The van der Waals surface area contributed by atoms with Crippen molar-refractivity contribution in [1.82, 2.24) is 5.32 Å². The summed E-state index contributed by atoms with van der Waals surface area (Å²) >= 11 is 0. The third kappa shape index (κ3) is 5.38. The Balaban J connectivity index is 1.49. The first kappa shape index (κ1) is 18.1. The Kier molecular flexibility index (Phi) is 6.60. The molecule has 0 aromatic heterocycles. The molecule has 1 aliphatic carbocycles. The van der Waals surface area contributed by atoms with E-state index in [-0.39, 0.29) is 11.9 Å². The number of rotatable bonds is 5. The van der Waals surface area contributed by atoms with Crippen molar-refractivity contribution in [3.8, 4) is 0 Å². The minimum absolute atomic E-state index is 0.118. The lowest BCUT2D eigenvalue weighted by atomic mass is 10.1. The topological polar surface area (TPSA) is 44.4 Å². The summed E-state index contributed by atoms with van der Waals surface area (Å²) in [5, 5.41) is 6.58. The third-order valence-electron chi connectivity index (χ3n) is 5.57. The fraction of sp³-hybridized carbons (Fsp3) is 0.667. The minimum atomic E-state index is -0.205. The molecule has 4 nitrogen and oxygen atoms in total. The lowest BCUT2D eigenvalue weighted by Gasteiger charge is -2.29. The predicted octanol–water partition coefficient (Wildman–Crippen LogP) is 4.32. The second-order valence-corrected chi connectivity index (χ2v) is 7.66. The first-order valence-electron chi connectivity index (χ1n) is 10.1. The molecule has 1 saturated heterocycles. The normalized spacial score (nSPS) is 20.6. The van der Waals surface area contributed by atoms with E-state index >= 15 is 0 Å². The van der Waals surface area contributed by atoms with E-state index in [1.54, 1.807) is 0 Å². The Hall–Kier alpha value is -1.71. The Bertz CT molecular complexity index is 529. The van der Waals surface area contributed by atoms with Gasteiger partial charge >= 0.3 is 0 Å². The van der Waals surface area contributed by atoms with Crippen molar-refractivity contribution in [2.75, 3.05) is 23.3 Å². The zero-order valence-electron chi connectivity index (χ0n) is 15.6. The number of hydrogen-bond acceptors (Lipinski definition) is 3. The summed E-state index contributed by atoms with van der Waals surface area (Å²) in [5.74, 6) is 0.118. The van der Waals surface area contributed by atoms with Gasteiger partial charge in [0.25, 0.3) is 0 Å². The molecular weight excluding hydrogens is 310 g/mol. The van der Waals surface area contributed by atoms with Crippen LogP contribution < -0.4 is 15.5 Å². The van der Waals surface area contributed by atoms with E-state index in [4.69, 9.17) is 0 Å². The molecule has 0 spiro atoms. The summed E-state index contributed by atoms with van der Waals surface area (Å²) in [7, 11) is 0. The van der Waals surface area contributed by atoms with Gasteiger partial charge in [0.2, 0.25) is 5.91 Å². The molecule has 1 amide bonds. The number of carbonyl (C=O) groups excluding carboxylic acids is 1. The molecule has 1 heterocycles. The number of amides is 1. The van der Waals surface area contributed by atoms with E-state index in [0.717, 1.165) is 31.6 Å². The highest BCUT2D eigenvalue weighted by Gasteiger charge is 2.19. The SMILES string of the molecule is CC(Nc1ccc(N2CCCCC2)cc1)C(=O)NC1CCCCCC1. The van der Waals surface area contributed by atoms with Crippen molar-refractivity contribution < 1.29 is 4.79 Å². The summed E-state index contributed by atoms with van der Waals surface area (Å²) in [6, 6.07) is 8.69. The fourth-order valence-corrected chi connectivity index (χ4v) is 3.99. The van der Waals surface area contributed by atoms with Gasteiger partial charge in [-0.2, -0.15) is 0 Å². The van der Waals surface area contributed by atoms with E-state index in [2.05, 4.69) is 39.8 Å². The van der Waals surface area contributed by atoms with Crippen LogP contribution in [0.15, 0.2) is 24.3 Å². The van der Waals surface area contributed by atoms with E-state index in [9.17, 15) is 4.79 Å². The number of nitrogens with zero attached hydrogens (tertiary/aromatic N) is 1. The number of benzene rings is 1. The van der Waals surface area contributed by atoms with Crippen molar-refractivity contribution in [1.29, 1.82) is 0 Å². The minimum Gasteiger partial charge on any atom is -0.374 e. The van der Waals surface area contributed by atoms with Gasteiger partial charge in [0.1, 0.15) is 6.04 Å². The summed E-state index contributed by atoms with van der Waals surface area (Å²) in [4.78, 5) is 14.9. The Morgan fingerprint density at radius 3 is 2.20 bits per heavy atom. The standard InChI is InChI=1S/C21H33N3O/c1-17(21(25)23-18-9-5-2-3-6-10-18)22-19-11-13-20(14-12-19)24-15-7-4-8-16-24/h11-14,17-18,22H,2-10,15-16H2,1H3,(H,23,25). The van der Waals surface area contributed by atoms with Gasteiger partial charge in [-0.05, 0) is 63.3 Å². The molecule has 1 saturated carbocycles. The quantitative estimate of drug-likeness (QED) is 0.783. The van der Waals surface area contributed by atoms with Crippen LogP contribution in [0, 0.1) is 0 Å². The Labute approximate surface area is 152 Å². The summed E-state index contributed by atoms with van der Waals surface area (Å²) in [6.07, 6.45) is 11.3. The number of anilines is 2. The fourth-order valence-electron chi connectivity index (χ4n) is 3.99. The third-order valence-corrected chi connectivity index (χ3v) is 5.57. The lowest BCUT2D eigenvalue weighted by Crippen LogP contribution is -2.43. The van der Waals surface area contributed by atoms with E-state index in [1.165, 1.54) is 50.6 Å². The Morgan fingerprint density at radius 2 is 1.56 bits per heavy atom. The molecule has 1 aliphatic heterocycles. The molecule has 0 radical (unpaired) electrons. The van der Waals surface area contributed by atoms with Crippen LogP contribution in [-0.4, -0.2) is 31.1 Å². The molecule has 1 atom stereocenters. The van der Waals surface area contributed by atoms with Crippen LogP contribution in [0.3, 0.4) is 0 Å². The van der Waals surface area contributed by atoms with Gasteiger partial charge in [0.05, 0.1) is 0 Å². The summed E-state index contributed by atoms with van der Waals surface area (Å²) in [5.41, 5.74) is 2.31. The van der Waals surface area contributed by atoms with Gasteiger partial charge in [0.15, 0.2) is 0 Å². The molecule has 2 aliphatic rings. The van der Waals surface area contributed by atoms with E-state index < -0.39 is 0 Å². The van der Waals surface area contributed by atoms with Crippen LogP contribution in [0.25, 0.3) is 0 Å². The van der Waals surface area contributed by atoms with Crippen molar-refractivity contribution in [2.45, 2.75) is 76.8 Å². The molecule has 4 heteroatoms. The Morgan fingerprint density at radius 1 is 0.960 bits per heavy atom. The monoisotopic (exact) mass is 343 g/mol. The summed E-state index contributed by atoms with van der Waals surface area (Å²) in [6.45, 7) is 4.27. The number of carbonyl (C=O) groups is 1. The molecule has 1 unspecified atom stereocenters. The average molecular weight is 344 g/mol. The molecule has 0 bridgehead atoms. The molecule has 2 fully saturated rings. The highest BCUT2D eigenvalue weighted by Crippen LogP contribution is 2.22. The van der Waals surface area contributed by atoms with Crippen LogP contribution in [0.1, 0.15) is 64.7 Å². The van der Waals surface area contributed by atoms with Crippen molar-refractivity contribution in [3.05, 3.63) is 24.3 Å². The van der Waals surface area contributed by atoms with Crippen LogP contribution in [0.5, 0.6) is 0 Å². The smallest absolute Gasteiger partial charge is 0.242 e. The molecule has 3 rings (SSSR count). The van der Waals surface area contributed by atoms with Crippen molar-refractivity contribution in [2.24, 2.45) is 0 Å². The van der Waals surface area contributed by atoms with Crippen LogP contribution in [0.2, 0.25) is 0 Å². The number of hydrogen-bond donors (Lipinski definition) is 2. The molecule has 138 valence electrons. The van der Waals surface area contributed by atoms with Crippen LogP contribution in [0.4, 0.5) is 11.4 Å². The average Bonchev–Trinajstić information content (AvgIpc) is 2.92. The lowest BCUT2D eigenvalue weighted by molar-refractivity contribution is -0.122. The van der Waals surface area contributed by atoms with Gasteiger partial charge in [-0.3, -0.25) is 4.79 Å². The highest BCUT2D eigenvalue weighted by molar-refractivity contribution is 5.84. The molecule has 25 heavy (non-hydrogen) atoms. The second-order valence-electron chi connectivity index (χ2n) is 7.66. The molecule has 2 N–H and O–H groups in total. The second kappa shape index (κ2) is 9.12. The van der Waals surface area contributed by atoms with Crippen LogP contribution >= 0.6 is 0 Å². The maximum atomic E-state index is 12.5. The maximum Gasteiger partial charge on any atom is 0.242 e.